The molecule has 0 spiro atoms. The van der Waals surface area contributed by atoms with Crippen LogP contribution in [0.2, 0.25) is 0 Å². The van der Waals surface area contributed by atoms with Crippen molar-refractivity contribution in [2.75, 3.05) is 0 Å². The number of ketones is 2. The highest BCUT2D eigenvalue weighted by Crippen LogP contribution is 2.42. The maximum Gasteiger partial charge on any atom is 0.234 e. The molecule has 0 heterocycles. The molecule has 0 aromatic heterocycles. The third-order valence-electron chi connectivity index (χ3n) is 5.33. The van der Waals surface area contributed by atoms with Crippen LogP contribution in [0.25, 0.3) is 6.08 Å². The minimum Gasteiger partial charge on any atom is -0.285 e. The van der Waals surface area contributed by atoms with E-state index >= 15 is 0 Å². The second-order valence-corrected chi connectivity index (χ2v) is 7.64. The molecule has 0 saturated carbocycles. The van der Waals surface area contributed by atoms with Crippen LogP contribution in [0, 0.1) is 12.8 Å². The summed E-state index contributed by atoms with van der Waals surface area (Å²) >= 11 is 0. The predicted octanol–water partition coefficient (Wildman–Crippen LogP) is 4.41. The molecule has 116 valence electrons. The van der Waals surface area contributed by atoms with Crippen LogP contribution >= 0.6 is 0 Å². The van der Waals surface area contributed by atoms with E-state index in [1.54, 1.807) is 0 Å². The van der Waals surface area contributed by atoms with Gasteiger partial charge in [-0.25, -0.2) is 0 Å². The van der Waals surface area contributed by atoms with Crippen LogP contribution in [0.3, 0.4) is 0 Å². The fraction of sp³-hybridized carbons (Fsp3) is 0.500. The molecule has 2 heteroatoms. The molecular weight excluding hydrogens is 272 g/mol. The van der Waals surface area contributed by atoms with E-state index in [2.05, 4.69) is 19.9 Å². The first-order valence-corrected chi connectivity index (χ1v) is 8.21. The van der Waals surface area contributed by atoms with E-state index in [9.17, 15) is 9.59 Å². The summed E-state index contributed by atoms with van der Waals surface area (Å²) in [4.78, 5) is 25.0. The van der Waals surface area contributed by atoms with Crippen molar-refractivity contribution in [3.8, 4) is 0 Å². The zero-order valence-electron chi connectivity index (χ0n) is 14.2. The van der Waals surface area contributed by atoms with Crippen molar-refractivity contribution in [1.29, 1.82) is 0 Å². The third-order valence-corrected chi connectivity index (χ3v) is 5.33. The molecule has 3 rings (SSSR count). The fourth-order valence-corrected chi connectivity index (χ4v) is 3.97. The molecule has 0 radical (unpaired) electrons. The van der Waals surface area contributed by atoms with E-state index in [0.29, 0.717) is 11.1 Å². The lowest BCUT2D eigenvalue weighted by atomic mass is 9.69. The Hall–Kier alpha value is -1.70. The summed E-state index contributed by atoms with van der Waals surface area (Å²) < 4.78 is 0. The van der Waals surface area contributed by atoms with Crippen molar-refractivity contribution in [2.24, 2.45) is 5.92 Å². The van der Waals surface area contributed by atoms with Crippen molar-refractivity contribution in [1.82, 2.24) is 0 Å². The average Bonchev–Trinajstić information content (AvgIpc) is 2.43. The zero-order valence-corrected chi connectivity index (χ0v) is 14.2. The zero-order chi connectivity index (χ0) is 16.2. The van der Waals surface area contributed by atoms with Crippen LogP contribution in [0.5, 0.6) is 0 Å². The first-order chi connectivity index (χ1) is 10.2. The number of carbonyl (C=O) groups excluding carboxylic acids is 2. The predicted molar refractivity (Wildman–Crippen MR) is 89.3 cm³/mol. The first kappa shape index (κ1) is 15.2. The van der Waals surface area contributed by atoms with Gasteiger partial charge in [0.15, 0.2) is 0 Å². The highest BCUT2D eigenvalue weighted by Gasteiger charge is 2.35. The Labute approximate surface area is 132 Å². The van der Waals surface area contributed by atoms with Crippen molar-refractivity contribution < 1.29 is 9.59 Å². The SMILES string of the molecule is Cc1c2c(cc3c1C(=O)C(=O)C(C(C)C)=C3)C(C)(C)CCC2. The van der Waals surface area contributed by atoms with Gasteiger partial charge in [0, 0.05) is 11.1 Å². The molecule has 0 unspecified atom stereocenters. The molecule has 0 bridgehead atoms. The monoisotopic (exact) mass is 296 g/mol. The number of rotatable bonds is 1. The largest absolute Gasteiger partial charge is 0.285 e. The van der Waals surface area contributed by atoms with Crippen molar-refractivity contribution in [3.05, 3.63) is 39.5 Å². The Morgan fingerprint density at radius 3 is 2.45 bits per heavy atom. The third kappa shape index (κ3) is 2.08. The van der Waals surface area contributed by atoms with Gasteiger partial charge in [-0.3, -0.25) is 9.59 Å². The topological polar surface area (TPSA) is 34.1 Å². The van der Waals surface area contributed by atoms with Gasteiger partial charge in [-0.15, -0.1) is 0 Å². The number of fused-ring (bicyclic) bond motifs is 2. The molecule has 0 amide bonds. The molecule has 0 atom stereocenters. The lowest BCUT2D eigenvalue weighted by Crippen LogP contribution is -2.29. The van der Waals surface area contributed by atoms with Crippen LogP contribution < -0.4 is 0 Å². The van der Waals surface area contributed by atoms with Gasteiger partial charge < -0.3 is 0 Å². The number of hydrogen-bond donors (Lipinski definition) is 0. The Balaban J connectivity index is 2.31. The minimum atomic E-state index is -0.319. The summed E-state index contributed by atoms with van der Waals surface area (Å²) in [6.45, 7) is 10.5. The molecule has 0 aliphatic heterocycles. The van der Waals surface area contributed by atoms with E-state index in [-0.39, 0.29) is 22.9 Å². The number of benzene rings is 1. The maximum absolute atomic E-state index is 12.6. The highest BCUT2D eigenvalue weighted by atomic mass is 16.2. The summed E-state index contributed by atoms with van der Waals surface area (Å²) in [6, 6.07) is 2.17. The lowest BCUT2D eigenvalue weighted by Gasteiger charge is -2.35. The normalized spacial score (nSPS) is 19.8. The number of allylic oxidation sites excluding steroid dienone is 1. The Bertz CT molecular complexity index is 718. The van der Waals surface area contributed by atoms with Crippen molar-refractivity contribution >= 4 is 17.6 Å². The van der Waals surface area contributed by atoms with E-state index in [4.69, 9.17) is 0 Å². The van der Waals surface area contributed by atoms with Gasteiger partial charge in [0.2, 0.25) is 11.6 Å². The molecule has 1 aromatic carbocycles. The average molecular weight is 296 g/mol. The molecule has 0 N–H and O–H groups in total. The van der Waals surface area contributed by atoms with Crippen LogP contribution in [0.4, 0.5) is 0 Å². The lowest BCUT2D eigenvalue weighted by molar-refractivity contribution is -0.112. The quantitative estimate of drug-likeness (QED) is 0.719. The van der Waals surface area contributed by atoms with Gasteiger partial charge in [-0.1, -0.05) is 33.8 Å². The fourth-order valence-electron chi connectivity index (χ4n) is 3.97. The maximum atomic E-state index is 12.6. The highest BCUT2D eigenvalue weighted by molar-refractivity contribution is 6.52. The Kier molecular flexibility index (Phi) is 3.39. The summed E-state index contributed by atoms with van der Waals surface area (Å²) in [5.74, 6) is -0.556. The van der Waals surface area contributed by atoms with Crippen LogP contribution in [-0.2, 0) is 16.6 Å². The Morgan fingerprint density at radius 2 is 1.82 bits per heavy atom. The first-order valence-electron chi connectivity index (χ1n) is 8.21. The van der Waals surface area contributed by atoms with Gasteiger partial charge in [0.1, 0.15) is 0 Å². The Morgan fingerprint density at radius 1 is 1.14 bits per heavy atom. The van der Waals surface area contributed by atoms with E-state index in [1.165, 1.54) is 17.5 Å². The van der Waals surface area contributed by atoms with E-state index in [0.717, 1.165) is 24.0 Å². The molecule has 2 nitrogen and oxygen atoms in total. The molecule has 2 aliphatic rings. The van der Waals surface area contributed by atoms with Gasteiger partial charge in [-0.2, -0.15) is 0 Å². The summed E-state index contributed by atoms with van der Waals surface area (Å²) in [5, 5.41) is 0. The van der Waals surface area contributed by atoms with Gasteiger partial charge in [0.25, 0.3) is 0 Å². The molecule has 2 aliphatic carbocycles. The number of hydrogen-bond acceptors (Lipinski definition) is 2. The molecule has 0 fully saturated rings. The van der Waals surface area contributed by atoms with Crippen LogP contribution in [-0.4, -0.2) is 11.6 Å². The second-order valence-electron chi connectivity index (χ2n) is 7.64. The molecule has 0 saturated heterocycles. The summed E-state index contributed by atoms with van der Waals surface area (Å²) in [6.07, 6.45) is 5.28. The summed E-state index contributed by atoms with van der Waals surface area (Å²) in [7, 11) is 0. The number of carbonyl (C=O) groups is 2. The van der Waals surface area contributed by atoms with Crippen LogP contribution in [0.15, 0.2) is 11.6 Å². The minimum absolute atomic E-state index is 0.0777. The molecular formula is C20H24O2. The van der Waals surface area contributed by atoms with Crippen molar-refractivity contribution in [2.45, 2.75) is 59.3 Å². The standard InChI is InChI=1S/C20H24O2/c1-11(2)15-9-13-10-16-14(7-6-8-20(16,4)5)12(3)17(13)19(22)18(15)21/h9-11H,6-8H2,1-5H3. The van der Waals surface area contributed by atoms with Gasteiger partial charge >= 0.3 is 0 Å². The van der Waals surface area contributed by atoms with Crippen LogP contribution in [0.1, 0.15) is 73.1 Å². The smallest absolute Gasteiger partial charge is 0.234 e. The van der Waals surface area contributed by atoms with E-state index < -0.39 is 0 Å². The summed E-state index contributed by atoms with van der Waals surface area (Å²) in [5.41, 5.74) is 6.05. The molecule has 22 heavy (non-hydrogen) atoms. The van der Waals surface area contributed by atoms with E-state index in [1.807, 2.05) is 26.8 Å². The van der Waals surface area contributed by atoms with Gasteiger partial charge in [0.05, 0.1) is 0 Å². The number of Topliss-reactive ketones (excluding diaryl/α,β-unsaturated/α-hetero) is 2. The van der Waals surface area contributed by atoms with Crippen molar-refractivity contribution in [3.63, 3.8) is 0 Å². The van der Waals surface area contributed by atoms with Gasteiger partial charge in [-0.05, 0) is 65.8 Å². The molecule has 1 aromatic rings. The second kappa shape index (κ2) is 4.91.